The van der Waals surface area contributed by atoms with Gasteiger partial charge in [-0.3, -0.25) is 4.79 Å². The molecule has 1 N–H and O–H groups in total. The van der Waals surface area contributed by atoms with Crippen LogP contribution in [0, 0.1) is 0 Å². The van der Waals surface area contributed by atoms with Crippen molar-refractivity contribution in [3.05, 3.63) is 48.3 Å². The molecule has 1 aliphatic heterocycles. The van der Waals surface area contributed by atoms with Crippen molar-refractivity contribution in [2.45, 2.75) is 39.0 Å². The molecular weight excluding hydrogens is 316 g/mol. The van der Waals surface area contributed by atoms with Crippen molar-refractivity contribution >= 4 is 5.91 Å². The lowest BCUT2D eigenvalue weighted by molar-refractivity contribution is -0.142. The Morgan fingerprint density at radius 3 is 2.56 bits per heavy atom. The van der Waals surface area contributed by atoms with Gasteiger partial charge in [0.25, 0.3) is 0 Å². The van der Waals surface area contributed by atoms with Crippen molar-refractivity contribution in [2.75, 3.05) is 19.6 Å². The zero-order chi connectivity index (χ0) is 17.8. The average Bonchev–Trinajstić information content (AvgIpc) is 3.13. The smallest absolute Gasteiger partial charge is 0.236 e. The summed E-state index contributed by atoms with van der Waals surface area (Å²) in [5.74, 6) is 0.127. The first-order valence-corrected chi connectivity index (χ1v) is 8.79. The van der Waals surface area contributed by atoms with Crippen LogP contribution in [0.15, 0.2) is 42.7 Å². The molecule has 6 heteroatoms. The minimum absolute atomic E-state index is 0.0972. The molecule has 0 aliphatic carbocycles. The maximum atomic E-state index is 12.4. The van der Waals surface area contributed by atoms with Gasteiger partial charge in [0, 0.05) is 31.5 Å². The van der Waals surface area contributed by atoms with E-state index in [0.717, 1.165) is 11.3 Å². The Kier molecular flexibility index (Phi) is 5.50. The molecule has 1 aromatic heterocycles. The third-order valence-corrected chi connectivity index (χ3v) is 4.49. The van der Waals surface area contributed by atoms with Gasteiger partial charge in [0.15, 0.2) is 0 Å². The number of benzene rings is 1. The molecule has 3 rings (SSSR count). The van der Waals surface area contributed by atoms with Crippen molar-refractivity contribution < 1.29 is 9.53 Å². The van der Waals surface area contributed by atoms with Gasteiger partial charge in [0.1, 0.15) is 0 Å². The predicted octanol–water partition coefficient (Wildman–Crippen LogP) is 2.16. The lowest BCUT2D eigenvalue weighted by atomic mass is 10.1. The molecule has 0 bridgehead atoms. The van der Waals surface area contributed by atoms with Crippen LogP contribution in [0.1, 0.15) is 32.4 Å². The molecule has 3 unspecified atom stereocenters. The SMILES string of the molecule is CC1CN(C(=O)CNC(C)c2ccc(-n3cccn3)cc2)CC(C)O1. The quantitative estimate of drug-likeness (QED) is 0.905. The fourth-order valence-corrected chi connectivity index (χ4v) is 3.19. The number of nitrogens with one attached hydrogen (secondary N) is 1. The zero-order valence-corrected chi connectivity index (χ0v) is 15.1. The topological polar surface area (TPSA) is 59.4 Å². The van der Waals surface area contributed by atoms with Gasteiger partial charge in [-0.25, -0.2) is 4.68 Å². The van der Waals surface area contributed by atoms with Crippen LogP contribution in [-0.2, 0) is 9.53 Å². The second-order valence-corrected chi connectivity index (χ2v) is 6.70. The summed E-state index contributed by atoms with van der Waals surface area (Å²) < 4.78 is 7.51. The summed E-state index contributed by atoms with van der Waals surface area (Å²) in [6.45, 7) is 7.75. The van der Waals surface area contributed by atoms with Gasteiger partial charge in [0.2, 0.25) is 5.91 Å². The van der Waals surface area contributed by atoms with E-state index in [9.17, 15) is 4.79 Å². The summed E-state index contributed by atoms with van der Waals surface area (Å²) >= 11 is 0. The molecule has 134 valence electrons. The van der Waals surface area contributed by atoms with Crippen LogP contribution in [0.5, 0.6) is 0 Å². The number of amides is 1. The van der Waals surface area contributed by atoms with Crippen molar-refractivity contribution in [2.24, 2.45) is 0 Å². The van der Waals surface area contributed by atoms with E-state index >= 15 is 0 Å². The van der Waals surface area contributed by atoms with Crippen LogP contribution in [0.3, 0.4) is 0 Å². The number of morpholine rings is 1. The molecule has 25 heavy (non-hydrogen) atoms. The summed E-state index contributed by atoms with van der Waals surface area (Å²) in [6, 6.07) is 10.2. The lowest BCUT2D eigenvalue weighted by Crippen LogP contribution is -2.50. The third kappa shape index (κ3) is 4.46. The van der Waals surface area contributed by atoms with E-state index in [0.29, 0.717) is 19.6 Å². The second-order valence-electron chi connectivity index (χ2n) is 6.70. The first-order valence-electron chi connectivity index (χ1n) is 8.79. The van der Waals surface area contributed by atoms with E-state index in [-0.39, 0.29) is 24.2 Å². The Labute approximate surface area is 148 Å². The Morgan fingerprint density at radius 1 is 1.28 bits per heavy atom. The first-order chi connectivity index (χ1) is 12.0. The fourth-order valence-electron chi connectivity index (χ4n) is 3.19. The van der Waals surface area contributed by atoms with Gasteiger partial charge in [0.05, 0.1) is 24.4 Å². The van der Waals surface area contributed by atoms with E-state index in [2.05, 4.69) is 29.5 Å². The fraction of sp³-hybridized carbons (Fsp3) is 0.474. The molecule has 2 heterocycles. The van der Waals surface area contributed by atoms with Crippen LogP contribution in [0.2, 0.25) is 0 Å². The van der Waals surface area contributed by atoms with Crippen molar-refractivity contribution in [3.63, 3.8) is 0 Å². The van der Waals surface area contributed by atoms with Gasteiger partial charge in [-0.2, -0.15) is 5.10 Å². The Balaban J connectivity index is 1.53. The van der Waals surface area contributed by atoms with Crippen LogP contribution >= 0.6 is 0 Å². The third-order valence-electron chi connectivity index (χ3n) is 4.49. The number of hydrogen-bond acceptors (Lipinski definition) is 4. The molecule has 0 spiro atoms. The van der Waals surface area contributed by atoms with Gasteiger partial charge in [-0.05, 0) is 44.5 Å². The normalized spacial score (nSPS) is 22.0. The van der Waals surface area contributed by atoms with Gasteiger partial charge in [-0.1, -0.05) is 12.1 Å². The molecular formula is C19H26N4O2. The minimum Gasteiger partial charge on any atom is -0.372 e. The number of rotatable bonds is 5. The molecule has 1 fully saturated rings. The van der Waals surface area contributed by atoms with Gasteiger partial charge < -0.3 is 15.0 Å². The summed E-state index contributed by atoms with van der Waals surface area (Å²) in [5.41, 5.74) is 2.17. The average molecular weight is 342 g/mol. The number of carbonyl (C=O) groups excluding carboxylic acids is 1. The highest BCUT2D eigenvalue weighted by molar-refractivity contribution is 5.78. The van der Waals surface area contributed by atoms with Gasteiger partial charge >= 0.3 is 0 Å². The minimum atomic E-state index is 0.0972. The maximum absolute atomic E-state index is 12.4. The standard InChI is InChI=1S/C19H26N4O2/c1-14-12-22(13-15(2)25-14)19(24)11-20-16(3)17-5-7-18(8-6-17)23-10-4-9-21-23/h4-10,14-16,20H,11-13H2,1-3H3. The van der Waals surface area contributed by atoms with E-state index in [4.69, 9.17) is 4.74 Å². The second kappa shape index (κ2) is 7.80. The summed E-state index contributed by atoms with van der Waals surface area (Å²) in [6.07, 6.45) is 3.87. The monoisotopic (exact) mass is 342 g/mol. The highest BCUT2D eigenvalue weighted by Crippen LogP contribution is 2.16. The Morgan fingerprint density at radius 2 is 1.96 bits per heavy atom. The Bertz CT molecular complexity index is 674. The molecule has 1 saturated heterocycles. The number of hydrogen-bond donors (Lipinski definition) is 1. The molecule has 3 atom stereocenters. The summed E-state index contributed by atoms with van der Waals surface area (Å²) in [5, 5.41) is 7.55. The molecule has 2 aromatic rings. The number of carbonyl (C=O) groups is 1. The molecule has 1 amide bonds. The van der Waals surface area contributed by atoms with E-state index in [1.165, 1.54) is 0 Å². The first kappa shape index (κ1) is 17.6. The highest BCUT2D eigenvalue weighted by atomic mass is 16.5. The largest absolute Gasteiger partial charge is 0.372 e. The molecule has 0 saturated carbocycles. The Hall–Kier alpha value is -2.18. The molecule has 1 aromatic carbocycles. The van der Waals surface area contributed by atoms with E-state index in [1.54, 1.807) is 6.20 Å². The van der Waals surface area contributed by atoms with E-state index < -0.39 is 0 Å². The number of ether oxygens (including phenoxy) is 1. The maximum Gasteiger partial charge on any atom is 0.236 e. The molecule has 1 aliphatic rings. The van der Waals surface area contributed by atoms with Crippen LogP contribution in [0.4, 0.5) is 0 Å². The highest BCUT2D eigenvalue weighted by Gasteiger charge is 2.25. The van der Waals surface area contributed by atoms with Crippen LogP contribution in [-0.4, -0.2) is 52.4 Å². The van der Waals surface area contributed by atoms with Gasteiger partial charge in [-0.15, -0.1) is 0 Å². The lowest BCUT2D eigenvalue weighted by Gasteiger charge is -2.35. The summed E-state index contributed by atoms with van der Waals surface area (Å²) in [7, 11) is 0. The number of aromatic nitrogens is 2. The van der Waals surface area contributed by atoms with Crippen molar-refractivity contribution in [1.82, 2.24) is 20.0 Å². The summed E-state index contributed by atoms with van der Waals surface area (Å²) in [4.78, 5) is 14.3. The van der Waals surface area contributed by atoms with Crippen LogP contribution in [0.25, 0.3) is 5.69 Å². The van der Waals surface area contributed by atoms with Crippen LogP contribution < -0.4 is 5.32 Å². The van der Waals surface area contributed by atoms with E-state index in [1.807, 2.05) is 47.8 Å². The molecule has 6 nitrogen and oxygen atoms in total. The van der Waals surface area contributed by atoms with Crippen molar-refractivity contribution in [1.29, 1.82) is 0 Å². The number of nitrogens with zero attached hydrogens (tertiary/aromatic N) is 3. The zero-order valence-electron chi connectivity index (χ0n) is 15.1. The van der Waals surface area contributed by atoms with Crippen molar-refractivity contribution in [3.8, 4) is 5.69 Å². The molecule has 0 radical (unpaired) electrons. The predicted molar refractivity (Wildman–Crippen MR) is 96.6 cm³/mol.